The SMILES string of the molecule is Clc1cccc([C](CCCc2ccccc2)CCc2ccccc2)c1. The number of hydrogen-bond donors (Lipinski definition) is 0. The van der Waals surface area contributed by atoms with Gasteiger partial charge in [-0.05, 0) is 60.9 Å². The molecule has 1 heteroatoms. The van der Waals surface area contributed by atoms with Gasteiger partial charge in [0.1, 0.15) is 0 Å². The van der Waals surface area contributed by atoms with Gasteiger partial charge in [-0.1, -0.05) is 84.4 Å². The van der Waals surface area contributed by atoms with Gasteiger partial charge in [0, 0.05) is 10.9 Å². The summed E-state index contributed by atoms with van der Waals surface area (Å²) < 4.78 is 0. The van der Waals surface area contributed by atoms with Crippen LogP contribution in [0.4, 0.5) is 0 Å². The van der Waals surface area contributed by atoms with Gasteiger partial charge in [-0.25, -0.2) is 0 Å². The summed E-state index contributed by atoms with van der Waals surface area (Å²) in [6.07, 6.45) is 5.56. The Balaban J connectivity index is 1.63. The molecule has 127 valence electrons. The Hall–Kier alpha value is -2.05. The fraction of sp³-hybridized carbons (Fsp3) is 0.208. The van der Waals surface area contributed by atoms with Crippen molar-refractivity contribution in [1.82, 2.24) is 0 Å². The minimum absolute atomic E-state index is 0.817. The van der Waals surface area contributed by atoms with Gasteiger partial charge in [-0.3, -0.25) is 0 Å². The standard InChI is InChI=1S/C24H24Cl/c25-24-16-8-15-23(19-24)22(18-17-21-11-5-2-6-12-21)14-7-13-20-9-3-1-4-10-20/h1-6,8-12,15-16,19H,7,13-14,17-18H2. The first-order valence-corrected chi connectivity index (χ1v) is 9.37. The third-order valence-corrected chi connectivity index (χ3v) is 4.81. The Bertz CT molecular complexity index is 749. The maximum absolute atomic E-state index is 6.22. The van der Waals surface area contributed by atoms with Gasteiger partial charge in [0.2, 0.25) is 0 Å². The minimum Gasteiger partial charge on any atom is -0.0843 e. The molecule has 25 heavy (non-hydrogen) atoms. The topological polar surface area (TPSA) is 0 Å². The Morgan fingerprint density at radius 3 is 1.92 bits per heavy atom. The second-order valence-electron chi connectivity index (χ2n) is 6.44. The molecule has 0 aromatic heterocycles. The van der Waals surface area contributed by atoms with Crippen LogP contribution in [0.25, 0.3) is 0 Å². The molecule has 0 aliphatic rings. The molecular weight excluding hydrogens is 324 g/mol. The van der Waals surface area contributed by atoms with Crippen LogP contribution in [0, 0.1) is 5.92 Å². The van der Waals surface area contributed by atoms with Crippen LogP contribution in [0.5, 0.6) is 0 Å². The van der Waals surface area contributed by atoms with E-state index < -0.39 is 0 Å². The van der Waals surface area contributed by atoms with Crippen molar-refractivity contribution in [2.24, 2.45) is 0 Å². The molecule has 3 aromatic rings. The summed E-state index contributed by atoms with van der Waals surface area (Å²) in [5, 5.41) is 0.817. The molecule has 0 saturated carbocycles. The highest BCUT2D eigenvalue weighted by Crippen LogP contribution is 2.28. The summed E-state index contributed by atoms with van der Waals surface area (Å²) in [5.41, 5.74) is 4.09. The van der Waals surface area contributed by atoms with Crippen LogP contribution in [-0.4, -0.2) is 0 Å². The fourth-order valence-electron chi connectivity index (χ4n) is 3.21. The van der Waals surface area contributed by atoms with Crippen LogP contribution in [0.2, 0.25) is 5.02 Å². The van der Waals surface area contributed by atoms with E-state index in [1.807, 2.05) is 6.07 Å². The summed E-state index contributed by atoms with van der Waals surface area (Å²) in [6.45, 7) is 0. The zero-order chi connectivity index (χ0) is 17.3. The summed E-state index contributed by atoms with van der Waals surface area (Å²) in [4.78, 5) is 0. The van der Waals surface area contributed by atoms with Gasteiger partial charge in [0.05, 0.1) is 0 Å². The zero-order valence-electron chi connectivity index (χ0n) is 14.5. The molecule has 0 heterocycles. The Labute approximate surface area is 156 Å². The number of aryl methyl sites for hydroxylation is 2. The van der Waals surface area contributed by atoms with Gasteiger partial charge in [-0.15, -0.1) is 0 Å². The van der Waals surface area contributed by atoms with Crippen LogP contribution in [0.15, 0.2) is 84.9 Å². The lowest BCUT2D eigenvalue weighted by Gasteiger charge is -2.17. The van der Waals surface area contributed by atoms with Crippen molar-refractivity contribution in [3.63, 3.8) is 0 Å². The molecule has 0 amide bonds. The molecule has 0 unspecified atom stereocenters. The zero-order valence-corrected chi connectivity index (χ0v) is 15.3. The lowest BCUT2D eigenvalue weighted by Crippen LogP contribution is -2.03. The predicted octanol–water partition coefficient (Wildman–Crippen LogP) is 6.92. The molecule has 1 radical (unpaired) electrons. The lowest BCUT2D eigenvalue weighted by molar-refractivity contribution is 0.699. The molecule has 0 nitrogen and oxygen atoms in total. The molecule has 0 bridgehead atoms. The monoisotopic (exact) mass is 347 g/mol. The van der Waals surface area contributed by atoms with Gasteiger partial charge >= 0.3 is 0 Å². The maximum atomic E-state index is 6.22. The molecule has 0 atom stereocenters. The molecule has 3 aromatic carbocycles. The molecule has 0 saturated heterocycles. The normalized spacial score (nSPS) is 11.0. The summed E-state index contributed by atoms with van der Waals surface area (Å²) >= 11 is 6.22. The first-order valence-electron chi connectivity index (χ1n) is 9.00. The van der Waals surface area contributed by atoms with Gasteiger partial charge in [0.15, 0.2) is 0 Å². The molecule has 3 rings (SSSR count). The van der Waals surface area contributed by atoms with E-state index in [1.54, 1.807) is 0 Å². The van der Waals surface area contributed by atoms with E-state index in [1.165, 1.54) is 29.0 Å². The Kier molecular flexibility index (Phi) is 6.71. The second kappa shape index (κ2) is 9.44. The van der Waals surface area contributed by atoms with E-state index in [9.17, 15) is 0 Å². The van der Waals surface area contributed by atoms with Crippen LogP contribution < -0.4 is 0 Å². The molecule has 0 aliphatic carbocycles. The van der Waals surface area contributed by atoms with Crippen molar-refractivity contribution < 1.29 is 0 Å². The van der Waals surface area contributed by atoms with Crippen LogP contribution in [-0.2, 0) is 12.8 Å². The van der Waals surface area contributed by atoms with Crippen molar-refractivity contribution in [1.29, 1.82) is 0 Å². The largest absolute Gasteiger partial charge is 0.0843 e. The number of hydrogen-bond acceptors (Lipinski definition) is 0. The average Bonchev–Trinajstić information content (AvgIpc) is 2.66. The molecule has 0 spiro atoms. The fourth-order valence-corrected chi connectivity index (χ4v) is 3.40. The van der Waals surface area contributed by atoms with E-state index in [-0.39, 0.29) is 0 Å². The summed E-state index contributed by atoms with van der Waals surface area (Å²) in [6, 6.07) is 29.7. The van der Waals surface area contributed by atoms with Crippen molar-refractivity contribution in [3.8, 4) is 0 Å². The minimum atomic E-state index is 0.817. The van der Waals surface area contributed by atoms with Crippen molar-refractivity contribution in [2.45, 2.75) is 32.1 Å². The van der Waals surface area contributed by atoms with Gasteiger partial charge < -0.3 is 0 Å². The quantitative estimate of drug-likeness (QED) is 0.415. The second-order valence-corrected chi connectivity index (χ2v) is 6.88. The maximum Gasteiger partial charge on any atom is 0.0408 e. The van der Waals surface area contributed by atoms with E-state index in [0.717, 1.165) is 30.7 Å². The Morgan fingerprint density at radius 1 is 0.640 bits per heavy atom. The van der Waals surface area contributed by atoms with Crippen LogP contribution >= 0.6 is 11.6 Å². The average molecular weight is 348 g/mol. The van der Waals surface area contributed by atoms with E-state index >= 15 is 0 Å². The highest BCUT2D eigenvalue weighted by atomic mass is 35.5. The lowest BCUT2D eigenvalue weighted by atomic mass is 9.87. The molecular formula is C24H24Cl. The Morgan fingerprint density at radius 2 is 1.28 bits per heavy atom. The smallest absolute Gasteiger partial charge is 0.0408 e. The molecule has 0 fully saturated rings. The molecule has 0 aliphatic heterocycles. The number of halogens is 1. The summed E-state index contributed by atoms with van der Waals surface area (Å²) in [5.74, 6) is 1.50. The van der Waals surface area contributed by atoms with Gasteiger partial charge in [0.25, 0.3) is 0 Å². The first kappa shape index (κ1) is 17.8. The summed E-state index contributed by atoms with van der Waals surface area (Å²) in [7, 11) is 0. The van der Waals surface area contributed by atoms with Crippen molar-refractivity contribution in [2.75, 3.05) is 0 Å². The van der Waals surface area contributed by atoms with E-state index in [2.05, 4.69) is 78.9 Å². The highest BCUT2D eigenvalue weighted by Gasteiger charge is 2.13. The third kappa shape index (κ3) is 5.76. The van der Waals surface area contributed by atoms with Crippen LogP contribution in [0.1, 0.15) is 36.0 Å². The van der Waals surface area contributed by atoms with Gasteiger partial charge in [-0.2, -0.15) is 0 Å². The van der Waals surface area contributed by atoms with Crippen molar-refractivity contribution in [3.05, 3.63) is 113 Å². The van der Waals surface area contributed by atoms with Crippen molar-refractivity contribution >= 4 is 11.6 Å². The third-order valence-electron chi connectivity index (χ3n) is 4.58. The first-order chi connectivity index (χ1) is 12.3. The van der Waals surface area contributed by atoms with Crippen LogP contribution in [0.3, 0.4) is 0 Å². The predicted molar refractivity (Wildman–Crippen MR) is 108 cm³/mol. The highest BCUT2D eigenvalue weighted by molar-refractivity contribution is 6.30. The number of rotatable bonds is 8. The van der Waals surface area contributed by atoms with E-state index in [0.29, 0.717) is 0 Å². The van der Waals surface area contributed by atoms with E-state index in [4.69, 9.17) is 11.6 Å². The molecule has 0 N–H and O–H groups in total. The number of benzene rings is 3.